The van der Waals surface area contributed by atoms with Crippen LogP contribution in [0, 0.1) is 5.92 Å². The minimum Gasteiger partial charge on any atom is -0.368 e. The van der Waals surface area contributed by atoms with E-state index in [1.165, 1.54) is 25.9 Å². The highest BCUT2D eigenvalue weighted by atomic mass is 16.5. The van der Waals surface area contributed by atoms with Crippen molar-refractivity contribution in [3.8, 4) is 0 Å². The van der Waals surface area contributed by atoms with Crippen LogP contribution in [0.1, 0.15) is 40.5 Å². The first-order chi connectivity index (χ1) is 9.67. The van der Waals surface area contributed by atoms with Crippen molar-refractivity contribution in [3.63, 3.8) is 0 Å². The van der Waals surface area contributed by atoms with Crippen LogP contribution in [0.3, 0.4) is 0 Å². The Morgan fingerprint density at radius 3 is 2.14 bits per heavy atom. The van der Waals surface area contributed by atoms with Gasteiger partial charge >= 0.3 is 0 Å². The number of likely N-dealkylation sites (tertiary alicyclic amines) is 1. The number of hydrogen-bond donors (Lipinski definition) is 1. The normalized spacial score (nSPS) is 33.7. The van der Waals surface area contributed by atoms with Gasteiger partial charge in [-0.3, -0.25) is 0 Å². The molecule has 0 aromatic carbocycles. The first-order valence-electron chi connectivity index (χ1n) is 8.43. The van der Waals surface area contributed by atoms with Crippen LogP contribution in [0.2, 0.25) is 0 Å². The van der Waals surface area contributed by atoms with Gasteiger partial charge in [-0.05, 0) is 74.8 Å². The Labute approximate surface area is 131 Å². The Morgan fingerprint density at radius 2 is 1.67 bits per heavy atom. The van der Waals surface area contributed by atoms with E-state index in [1.54, 1.807) is 0 Å². The van der Waals surface area contributed by atoms with Gasteiger partial charge in [-0.1, -0.05) is 0 Å². The summed E-state index contributed by atoms with van der Waals surface area (Å²) in [6.07, 6.45) is 2.57. The van der Waals surface area contributed by atoms with Crippen LogP contribution in [0.25, 0.3) is 0 Å². The van der Waals surface area contributed by atoms with E-state index in [9.17, 15) is 0 Å². The van der Waals surface area contributed by atoms with E-state index in [0.29, 0.717) is 12.0 Å². The molecule has 0 bridgehead atoms. The van der Waals surface area contributed by atoms with E-state index < -0.39 is 0 Å². The molecule has 2 rings (SSSR count). The van der Waals surface area contributed by atoms with E-state index in [2.05, 4.69) is 64.0 Å². The summed E-state index contributed by atoms with van der Waals surface area (Å²) in [7, 11) is 6.48. The molecule has 2 atom stereocenters. The minimum absolute atomic E-state index is 0.0599. The molecule has 1 N–H and O–H groups in total. The van der Waals surface area contributed by atoms with E-state index in [0.717, 1.165) is 12.6 Å². The second-order valence-electron chi connectivity index (χ2n) is 8.18. The Kier molecular flexibility index (Phi) is 5.04. The van der Waals surface area contributed by atoms with Crippen LogP contribution in [-0.2, 0) is 4.74 Å². The van der Waals surface area contributed by atoms with Gasteiger partial charge in [-0.15, -0.1) is 0 Å². The lowest BCUT2D eigenvalue weighted by molar-refractivity contribution is -0.0798. The standard InChI is InChI=1S/C17H35N3O/c1-16(2)14(15(18-5)17(3,4)21-16)12-20-10-8-13(9-11-20)19(6)7/h13-15,18H,8-12H2,1-7H3. The second-order valence-corrected chi connectivity index (χ2v) is 8.18. The third kappa shape index (κ3) is 3.61. The van der Waals surface area contributed by atoms with Gasteiger partial charge in [0, 0.05) is 24.5 Å². The highest BCUT2D eigenvalue weighted by Gasteiger charge is 2.53. The Hall–Kier alpha value is -0.160. The predicted octanol–water partition coefficient (Wildman–Crippen LogP) is 1.80. The lowest BCUT2D eigenvalue weighted by atomic mass is 9.82. The largest absolute Gasteiger partial charge is 0.368 e. The summed E-state index contributed by atoms with van der Waals surface area (Å²) < 4.78 is 6.36. The fraction of sp³-hybridized carbons (Fsp3) is 1.00. The van der Waals surface area contributed by atoms with E-state index in [1.807, 2.05) is 0 Å². The van der Waals surface area contributed by atoms with Gasteiger partial charge in [0.25, 0.3) is 0 Å². The number of nitrogens with zero attached hydrogens (tertiary/aromatic N) is 2. The van der Waals surface area contributed by atoms with Crippen LogP contribution < -0.4 is 5.32 Å². The van der Waals surface area contributed by atoms with Crippen molar-refractivity contribution in [2.75, 3.05) is 40.8 Å². The SMILES string of the molecule is CNC1C(CN2CCC(N(C)C)CC2)C(C)(C)OC1(C)C. The van der Waals surface area contributed by atoms with Crippen molar-refractivity contribution in [2.24, 2.45) is 5.92 Å². The van der Waals surface area contributed by atoms with Gasteiger partial charge in [0.2, 0.25) is 0 Å². The topological polar surface area (TPSA) is 27.7 Å². The Balaban J connectivity index is 1.98. The van der Waals surface area contributed by atoms with E-state index in [4.69, 9.17) is 4.74 Å². The van der Waals surface area contributed by atoms with Crippen molar-refractivity contribution in [1.82, 2.24) is 15.1 Å². The molecule has 0 aromatic heterocycles. The van der Waals surface area contributed by atoms with Crippen molar-refractivity contribution < 1.29 is 4.74 Å². The van der Waals surface area contributed by atoms with Gasteiger partial charge in [0.15, 0.2) is 0 Å². The molecule has 124 valence electrons. The number of hydrogen-bond acceptors (Lipinski definition) is 4. The van der Waals surface area contributed by atoms with Crippen molar-refractivity contribution in [1.29, 1.82) is 0 Å². The average Bonchev–Trinajstić information content (AvgIpc) is 2.54. The average molecular weight is 297 g/mol. The number of nitrogens with one attached hydrogen (secondary N) is 1. The molecule has 2 heterocycles. The molecule has 0 amide bonds. The maximum atomic E-state index is 6.36. The zero-order chi connectivity index (χ0) is 15.8. The van der Waals surface area contributed by atoms with Crippen molar-refractivity contribution in [2.45, 2.75) is 63.8 Å². The zero-order valence-corrected chi connectivity index (χ0v) is 15.1. The maximum Gasteiger partial charge on any atom is 0.0790 e. The fourth-order valence-corrected chi connectivity index (χ4v) is 4.47. The zero-order valence-electron chi connectivity index (χ0n) is 15.1. The lowest BCUT2D eigenvalue weighted by Gasteiger charge is -2.39. The van der Waals surface area contributed by atoms with Crippen LogP contribution in [0.15, 0.2) is 0 Å². The third-order valence-corrected chi connectivity index (χ3v) is 5.62. The maximum absolute atomic E-state index is 6.36. The second kappa shape index (κ2) is 6.15. The summed E-state index contributed by atoms with van der Waals surface area (Å²) in [5.41, 5.74) is -0.152. The number of rotatable bonds is 4. The molecule has 0 aromatic rings. The summed E-state index contributed by atoms with van der Waals surface area (Å²) >= 11 is 0. The van der Waals surface area contributed by atoms with Gasteiger partial charge in [-0.25, -0.2) is 0 Å². The van der Waals surface area contributed by atoms with Gasteiger partial charge in [0.05, 0.1) is 11.2 Å². The molecule has 0 saturated carbocycles. The minimum atomic E-state index is -0.0924. The molecular weight excluding hydrogens is 262 g/mol. The summed E-state index contributed by atoms with van der Waals surface area (Å²) in [4.78, 5) is 5.01. The lowest BCUT2D eigenvalue weighted by Crippen LogP contribution is -2.51. The first-order valence-corrected chi connectivity index (χ1v) is 8.43. The van der Waals surface area contributed by atoms with E-state index >= 15 is 0 Å². The molecule has 2 aliphatic heterocycles. The number of likely N-dealkylation sites (N-methyl/N-ethyl adjacent to an activating group) is 1. The Bertz CT molecular complexity index is 346. The highest BCUT2D eigenvalue weighted by Crippen LogP contribution is 2.42. The van der Waals surface area contributed by atoms with Crippen LogP contribution >= 0.6 is 0 Å². The molecule has 0 radical (unpaired) electrons. The number of piperidine rings is 1. The van der Waals surface area contributed by atoms with Gasteiger partial charge in [0.1, 0.15) is 0 Å². The molecule has 2 fully saturated rings. The molecule has 2 aliphatic rings. The Morgan fingerprint density at radius 1 is 1.10 bits per heavy atom. The molecule has 4 heteroatoms. The quantitative estimate of drug-likeness (QED) is 0.856. The highest BCUT2D eigenvalue weighted by molar-refractivity contribution is 5.06. The monoisotopic (exact) mass is 297 g/mol. The summed E-state index contributed by atoms with van der Waals surface area (Å²) in [6.45, 7) is 12.5. The summed E-state index contributed by atoms with van der Waals surface area (Å²) in [6, 6.07) is 1.17. The third-order valence-electron chi connectivity index (χ3n) is 5.62. The molecule has 0 aliphatic carbocycles. The van der Waals surface area contributed by atoms with Crippen LogP contribution in [0.4, 0.5) is 0 Å². The molecular formula is C17H35N3O. The van der Waals surface area contributed by atoms with Crippen molar-refractivity contribution in [3.05, 3.63) is 0 Å². The van der Waals surface area contributed by atoms with Crippen molar-refractivity contribution >= 4 is 0 Å². The fourth-order valence-electron chi connectivity index (χ4n) is 4.47. The smallest absolute Gasteiger partial charge is 0.0790 e. The first kappa shape index (κ1) is 17.2. The van der Waals surface area contributed by atoms with Crippen LogP contribution in [0.5, 0.6) is 0 Å². The summed E-state index contributed by atoms with van der Waals surface area (Å²) in [5, 5.41) is 3.52. The number of ether oxygens (including phenoxy) is 1. The molecule has 4 nitrogen and oxygen atoms in total. The molecule has 21 heavy (non-hydrogen) atoms. The van der Waals surface area contributed by atoms with E-state index in [-0.39, 0.29) is 11.2 Å². The van der Waals surface area contributed by atoms with Gasteiger partial charge in [-0.2, -0.15) is 0 Å². The predicted molar refractivity (Wildman–Crippen MR) is 88.7 cm³/mol. The van der Waals surface area contributed by atoms with Crippen LogP contribution in [-0.4, -0.2) is 73.9 Å². The molecule has 2 unspecified atom stereocenters. The molecule has 2 saturated heterocycles. The molecule has 0 spiro atoms. The summed E-state index contributed by atoms with van der Waals surface area (Å²) in [5.74, 6) is 0.536. The van der Waals surface area contributed by atoms with Gasteiger partial charge < -0.3 is 19.9 Å².